The van der Waals surface area contributed by atoms with Crippen LogP contribution in [0.25, 0.3) is 6.08 Å². The lowest BCUT2D eigenvalue weighted by molar-refractivity contribution is 0.102. The first kappa shape index (κ1) is 16.0. The van der Waals surface area contributed by atoms with E-state index in [1.807, 2.05) is 37.3 Å². The first-order valence-corrected chi connectivity index (χ1v) is 7.71. The smallest absolute Gasteiger partial charge is 0.192 e. The van der Waals surface area contributed by atoms with Crippen LogP contribution in [0.2, 0.25) is 0 Å². The maximum absolute atomic E-state index is 12.7. The molecule has 114 valence electrons. The Morgan fingerprint density at radius 2 is 1.77 bits per heavy atom. The zero-order chi connectivity index (χ0) is 15.9. The molecule has 0 unspecified atom stereocenters. The molecular formula is C20H22O2. The number of hydrogen-bond acceptors (Lipinski definition) is 2. The Hall–Kier alpha value is -2.35. The van der Waals surface area contributed by atoms with E-state index >= 15 is 0 Å². The van der Waals surface area contributed by atoms with Gasteiger partial charge in [0.25, 0.3) is 0 Å². The normalized spacial score (nSPS) is 11.5. The van der Waals surface area contributed by atoms with E-state index in [1.54, 1.807) is 24.3 Å². The molecule has 0 amide bonds. The van der Waals surface area contributed by atoms with Crippen LogP contribution in [-0.2, 0) is 0 Å². The van der Waals surface area contributed by atoms with E-state index in [-0.39, 0.29) is 11.5 Å². The first-order valence-electron chi connectivity index (χ1n) is 7.71. The number of carbonyl (C=O) groups is 1. The molecule has 2 aromatic carbocycles. The van der Waals surface area contributed by atoms with Gasteiger partial charge in [-0.2, -0.15) is 0 Å². The molecule has 0 aliphatic carbocycles. The third kappa shape index (κ3) is 4.08. The van der Waals surface area contributed by atoms with Crippen LogP contribution in [0.5, 0.6) is 5.75 Å². The molecule has 0 fully saturated rings. The number of phenolic OH excluding ortho intramolecular Hbond substituents is 1. The Kier molecular flexibility index (Phi) is 5.54. The van der Waals surface area contributed by atoms with Crippen molar-refractivity contribution in [2.24, 2.45) is 0 Å². The maximum atomic E-state index is 12.7. The fourth-order valence-corrected chi connectivity index (χ4v) is 2.32. The second kappa shape index (κ2) is 7.60. The van der Waals surface area contributed by atoms with E-state index in [9.17, 15) is 9.90 Å². The quantitative estimate of drug-likeness (QED) is 0.590. The second-order valence-corrected chi connectivity index (χ2v) is 5.53. The summed E-state index contributed by atoms with van der Waals surface area (Å²) in [5, 5.41) is 9.91. The summed E-state index contributed by atoms with van der Waals surface area (Å²) in [7, 11) is 0. The highest BCUT2D eigenvalue weighted by Gasteiger charge is 2.15. The summed E-state index contributed by atoms with van der Waals surface area (Å²) < 4.78 is 0. The van der Waals surface area contributed by atoms with Gasteiger partial charge >= 0.3 is 0 Å². The molecule has 0 saturated carbocycles. The summed E-state index contributed by atoms with van der Waals surface area (Å²) in [5.74, 6) is -0.0501. The third-order valence-electron chi connectivity index (χ3n) is 3.66. The van der Waals surface area contributed by atoms with Gasteiger partial charge < -0.3 is 5.11 Å². The van der Waals surface area contributed by atoms with Gasteiger partial charge in [0.1, 0.15) is 5.75 Å². The SMILES string of the molecule is CCCC/C(=C\c1ccc(C)cc1)C(=O)c1ccccc1O. The molecule has 2 heteroatoms. The highest BCUT2D eigenvalue weighted by molar-refractivity contribution is 6.12. The molecule has 0 radical (unpaired) electrons. The summed E-state index contributed by atoms with van der Waals surface area (Å²) in [6.45, 7) is 4.15. The van der Waals surface area contributed by atoms with Gasteiger partial charge in [-0.25, -0.2) is 0 Å². The van der Waals surface area contributed by atoms with Crippen LogP contribution in [0, 0.1) is 6.92 Å². The number of aromatic hydroxyl groups is 1. The number of allylic oxidation sites excluding steroid dienone is 1. The zero-order valence-corrected chi connectivity index (χ0v) is 13.2. The van der Waals surface area contributed by atoms with Crippen LogP contribution < -0.4 is 0 Å². The summed E-state index contributed by atoms with van der Waals surface area (Å²) in [5.41, 5.74) is 3.32. The van der Waals surface area contributed by atoms with E-state index in [4.69, 9.17) is 0 Å². The van der Waals surface area contributed by atoms with Gasteiger partial charge in [-0.05, 0) is 43.5 Å². The number of rotatable bonds is 6. The number of unbranched alkanes of at least 4 members (excludes halogenated alkanes) is 1. The topological polar surface area (TPSA) is 37.3 Å². The van der Waals surface area contributed by atoms with E-state index in [2.05, 4.69) is 6.92 Å². The predicted octanol–water partition coefficient (Wildman–Crippen LogP) is 5.16. The van der Waals surface area contributed by atoms with Crippen molar-refractivity contribution in [2.45, 2.75) is 33.1 Å². The first-order chi connectivity index (χ1) is 10.6. The molecule has 0 heterocycles. The van der Waals surface area contributed by atoms with Crippen molar-refractivity contribution < 1.29 is 9.90 Å². The van der Waals surface area contributed by atoms with Crippen LogP contribution in [-0.4, -0.2) is 10.9 Å². The number of aryl methyl sites for hydroxylation is 1. The molecular weight excluding hydrogens is 272 g/mol. The van der Waals surface area contributed by atoms with Crippen molar-refractivity contribution in [2.75, 3.05) is 0 Å². The molecule has 2 aromatic rings. The van der Waals surface area contributed by atoms with Gasteiger partial charge in [0.15, 0.2) is 5.78 Å². The van der Waals surface area contributed by atoms with Crippen LogP contribution in [0.4, 0.5) is 0 Å². The molecule has 0 saturated heterocycles. The number of ketones is 1. The number of hydrogen-bond donors (Lipinski definition) is 1. The monoisotopic (exact) mass is 294 g/mol. The van der Waals surface area contributed by atoms with Gasteiger partial charge in [-0.1, -0.05) is 55.3 Å². The average molecular weight is 294 g/mol. The summed E-state index contributed by atoms with van der Waals surface area (Å²) in [6, 6.07) is 14.8. The number of Topliss-reactive ketones (excluding diaryl/α,β-unsaturated/α-hetero) is 1. The summed E-state index contributed by atoms with van der Waals surface area (Å²) in [4.78, 5) is 12.7. The Morgan fingerprint density at radius 3 is 2.41 bits per heavy atom. The van der Waals surface area contributed by atoms with Crippen molar-refractivity contribution in [1.82, 2.24) is 0 Å². The Morgan fingerprint density at radius 1 is 1.09 bits per heavy atom. The molecule has 0 aromatic heterocycles. The molecule has 0 aliphatic rings. The van der Waals surface area contributed by atoms with E-state index < -0.39 is 0 Å². The van der Waals surface area contributed by atoms with Gasteiger partial charge in [0.05, 0.1) is 5.56 Å². The number of benzene rings is 2. The molecule has 1 N–H and O–H groups in total. The lowest BCUT2D eigenvalue weighted by Gasteiger charge is -2.08. The molecule has 0 bridgehead atoms. The minimum Gasteiger partial charge on any atom is -0.507 e. The number of phenols is 1. The highest BCUT2D eigenvalue weighted by atomic mass is 16.3. The lowest BCUT2D eigenvalue weighted by atomic mass is 9.96. The lowest BCUT2D eigenvalue weighted by Crippen LogP contribution is -2.04. The Labute approximate surface area is 132 Å². The van der Waals surface area contributed by atoms with Gasteiger partial charge in [0, 0.05) is 5.57 Å². The highest BCUT2D eigenvalue weighted by Crippen LogP contribution is 2.24. The van der Waals surface area contributed by atoms with Crippen molar-refractivity contribution >= 4 is 11.9 Å². The minimum atomic E-state index is -0.0906. The van der Waals surface area contributed by atoms with Gasteiger partial charge in [0.2, 0.25) is 0 Å². The molecule has 22 heavy (non-hydrogen) atoms. The molecule has 2 nitrogen and oxygen atoms in total. The maximum Gasteiger partial charge on any atom is 0.192 e. The molecule has 2 rings (SSSR count). The van der Waals surface area contributed by atoms with Crippen LogP contribution in [0.1, 0.15) is 47.7 Å². The summed E-state index contributed by atoms with van der Waals surface area (Å²) >= 11 is 0. The third-order valence-corrected chi connectivity index (χ3v) is 3.66. The summed E-state index contributed by atoms with van der Waals surface area (Å²) in [6.07, 6.45) is 4.64. The average Bonchev–Trinajstić information content (AvgIpc) is 2.53. The van der Waals surface area contributed by atoms with Crippen LogP contribution >= 0.6 is 0 Å². The van der Waals surface area contributed by atoms with Crippen molar-refractivity contribution in [3.8, 4) is 5.75 Å². The van der Waals surface area contributed by atoms with Crippen LogP contribution in [0.3, 0.4) is 0 Å². The van der Waals surface area contributed by atoms with E-state index in [0.29, 0.717) is 5.56 Å². The van der Waals surface area contributed by atoms with Crippen molar-refractivity contribution in [1.29, 1.82) is 0 Å². The molecule has 0 spiro atoms. The van der Waals surface area contributed by atoms with Crippen molar-refractivity contribution in [3.63, 3.8) is 0 Å². The number of carbonyl (C=O) groups excluding carboxylic acids is 1. The Balaban J connectivity index is 2.35. The fourth-order valence-electron chi connectivity index (χ4n) is 2.32. The molecule has 0 atom stereocenters. The van der Waals surface area contributed by atoms with Gasteiger partial charge in [-0.3, -0.25) is 4.79 Å². The van der Waals surface area contributed by atoms with Gasteiger partial charge in [-0.15, -0.1) is 0 Å². The minimum absolute atomic E-state index is 0.0406. The Bertz CT molecular complexity index is 666. The fraction of sp³-hybridized carbons (Fsp3) is 0.250. The second-order valence-electron chi connectivity index (χ2n) is 5.53. The largest absolute Gasteiger partial charge is 0.507 e. The zero-order valence-electron chi connectivity index (χ0n) is 13.2. The number of para-hydroxylation sites is 1. The van der Waals surface area contributed by atoms with Crippen LogP contribution in [0.15, 0.2) is 54.1 Å². The van der Waals surface area contributed by atoms with E-state index in [0.717, 1.165) is 30.4 Å². The predicted molar refractivity (Wildman–Crippen MR) is 91.1 cm³/mol. The van der Waals surface area contributed by atoms with Crippen molar-refractivity contribution in [3.05, 3.63) is 70.8 Å². The van der Waals surface area contributed by atoms with E-state index in [1.165, 1.54) is 5.56 Å². The molecule has 0 aliphatic heterocycles. The standard InChI is InChI=1S/C20H22O2/c1-3-4-7-17(14-16-12-10-15(2)11-13-16)20(22)18-8-5-6-9-19(18)21/h5-6,8-14,21H,3-4,7H2,1-2H3/b17-14+.